The Morgan fingerprint density at radius 3 is 1.32 bits per heavy atom. The van der Waals surface area contributed by atoms with Crippen LogP contribution in [0, 0.1) is 0 Å². The van der Waals surface area contributed by atoms with Crippen molar-refractivity contribution in [3.05, 3.63) is 144 Å². The van der Waals surface area contributed by atoms with Gasteiger partial charge in [0.1, 0.15) is 24.4 Å². The number of rotatable bonds is 14. The molecular formula is C35H38O6. The summed E-state index contributed by atoms with van der Waals surface area (Å²) in [6, 6.07) is 40.4. The summed E-state index contributed by atoms with van der Waals surface area (Å²) >= 11 is 0. The Bertz CT molecular complexity index is 1260. The predicted molar refractivity (Wildman–Crippen MR) is 157 cm³/mol. The van der Waals surface area contributed by atoms with Crippen LogP contribution in [0.2, 0.25) is 0 Å². The predicted octanol–water partition coefficient (Wildman–Crippen LogP) is 6.33. The van der Waals surface area contributed by atoms with E-state index >= 15 is 0 Å². The summed E-state index contributed by atoms with van der Waals surface area (Å²) in [7, 11) is 1.63. The minimum absolute atomic E-state index is 0.310. The first-order valence-electron chi connectivity index (χ1n) is 14.1. The van der Waals surface area contributed by atoms with Gasteiger partial charge in [-0.25, -0.2) is 0 Å². The van der Waals surface area contributed by atoms with E-state index in [-0.39, 0.29) is 0 Å². The highest BCUT2D eigenvalue weighted by molar-refractivity contribution is 5.16. The van der Waals surface area contributed by atoms with Crippen molar-refractivity contribution in [1.82, 2.24) is 0 Å². The van der Waals surface area contributed by atoms with Gasteiger partial charge in [-0.1, -0.05) is 121 Å². The average Bonchev–Trinajstić information content (AvgIpc) is 3.04. The topological polar surface area (TPSA) is 55.4 Å². The monoisotopic (exact) mass is 554 g/mol. The van der Waals surface area contributed by atoms with Crippen molar-refractivity contribution in [3.8, 4) is 0 Å². The smallest absolute Gasteiger partial charge is 0.186 e. The van der Waals surface area contributed by atoms with Crippen molar-refractivity contribution in [2.24, 2.45) is 0 Å². The Morgan fingerprint density at radius 2 is 0.878 bits per heavy atom. The van der Waals surface area contributed by atoms with Gasteiger partial charge in [0.25, 0.3) is 0 Å². The number of benzene rings is 4. The normalized spacial score (nSPS) is 22.4. The van der Waals surface area contributed by atoms with Crippen molar-refractivity contribution < 1.29 is 28.4 Å². The lowest BCUT2D eigenvalue weighted by molar-refractivity contribution is -0.323. The fraction of sp³-hybridized carbons (Fsp3) is 0.314. The van der Waals surface area contributed by atoms with Crippen LogP contribution in [0.5, 0.6) is 0 Å². The summed E-state index contributed by atoms with van der Waals surface area (Å²) in [5, 5.41) is 0. The summed E-state index contributed by atoms with van der Waals surface area (Å²) in [6.07, 6.45) is -2.59. The Morgan fingerprint density at radius 1 is 0.488 bits per heavy atom. The number of methoxy groups -OCH3 is 1. The fourth-order valence-corrected chi connectivity index (χ4v) is 4.94. The molecule has 0 radical (unpaired) electrons. The SMILES string of the molecule is CO[C@H]1OC(COCc2ccccc2)[C@@H](OCc2ccccc2)[C@H](OCc2ccccc2)[C@H]1OCc1ccccc1. The Labute approximate surface area is 242 Å². The molecule has 1 unspecified atom stereocenters. The first-order chi connectivity index (χ1) is 20.3. The highest BCUT2D eigenvalue weighted by Gasteiger charge is 2.48. The standard InChI is InChI=1S/C35H38O6/c1-36-35-34(40-25-30-20-12-5-13-21-30)33(39-24-29-18-10-4-11-19-29)32(38-23-28-16-8-3-9-17-28)31(41-35)26-37-22-27-14-6-2-7-15-27/h2-21,31-35H,22-26H2,1H3/t31?,32-,33+,34-,35+/m1/s1. The lowest BCUT2D eigenvalue weighted by Crippen LogP contribution is -2.61. The van der Waals surface area contributed by atoms with E-state index in [2.05, 4.69) is 0 Å². The summed E-state index contributed by atoms with van der Waals surface area (Å²) in [6.45, 7) is 1.97. The van der Waals surface area contributed by atoms with Crippen LogP contribution in [0.4, 0.5) is 0 Å². The van der Waals surface area contributed by atoms with Gasteiger partial charge in [-0.2, -0.15) is 0 Å². The summed E-state index contributed by atoms with van der Waals surface area (Å²) in [4.78, 5) is 0. The second kappa shape index (κ2) is 15.6. The van der Waals surface area contributed by atoms with Gasteiger partial charge in [0.2, 0.25) is 0 Å². The highest BCUT2D eigenvalue weighted by atomic mass is 16.7. The lowest BCUT2D eigenvalue weighted by Gasteiger charge is -2.45. The molecule has 6 nitrogen and oxygen atoms in total. The molecule has 1 saturated heterocycles. The van der Waals surface area contributed by atoms with E-state index in [1.54, 1.807) is 7.11 Å². The van der Waals surface area contributed by atoms with Crippen molar-refractivity contribution in [2.75, 3.05) is 13.7 Å². The molecule has 0 aliphatic carbocycles. The zero-order valence-electron chi connectivity index (χ0n) is 23.4. The van der Waals surface area contributed by atoms with E-state index < -0.39 is 30.7 Å². The zero-order chi connectivity index (χ0) is 28.1. The Balaban J connectivity index is 1.38. The van der Waals surface area contributed by atoms with E-state index in [9.17, 15) is 0 Å². The molecule has 4 aromatic rings. The molecule has 214 valence electrons. The van der Waals surface area contributed by atoms with Gasteiger partial charge in [-0.3, -0.25) is 0 Å². The molecule has 0 bridgehead atoms. The molecule has 0 aromatic heterocycles. The third-order valence-electron chi connectivity index (χ3n) is 7.07. The van der Waals surface area contributed by atoms with Crippen LogP contribution in [-0.2, 0) is 54.8 Å². The summed E-state index contributed by atoms with van der Waals surface area (Å²) in [5.41, 5.74) is 4.27. The Hall–Kier alpha value is -3.36. The molecule has 41 heavy (non-hydrogen) atoms. The molecule has 1 aliphatic rings. The second-order valence-electron chi connectivity index (χ2n) is 10.1. The minimum atomic E-state index is -0.665. The third kappa shape index (κ3) is 8.57. The Kier molecular flexibility index (Phi) is 11.1. The van der Waals surface area contributed by atoms with E-state index in [0.717, 1.165) is 22.3 Å². The third-order valence-corrected chi connectivity index (χ3v) is 7.07. The zero-order valence-corrected chi connectivity index (χ0v) is 23.4. The highest BCUT2D eigenvalue weighted by Crippen LogP contribution is 2.31. The summed E-state index contributed by atoms with van der Waals surface area (Å²) in [5.74, 6) is 0. The van der Waals surface area contributed by atoms with Crippen LogP contribution in [0.1, 0.15) is 22.3 Å². The number of hydrogen-bond acceptors (Lipinski definition) is 6. The van der Waals surface area contributed by atoms with Crippen LogP contribution in [0.25, 0.3) is 0 Å². The van der Waals surface area contributed by atoms with E-state index in [4.69, 9.17) is 28.4 Å². The number of ether oxygens (including phenoxy) is 6. The van der Waals surface area contributed by atoms with Gasteiger partial charge in [-0.15, -0.1) is 0 Å². The molecule has 0 saturated carbocycles. The second-order valence-corrected chi connectivity index (χ2v) is 10.1. The van der Waals surface area contributed by atoms with Gasteiger partial charge in [0.15, 0.2) is 6.29 Å². The lowest BCUT2D eigenvalue weighted by atomic mass is 9.97. The maximum absolute atomic E-state index is 6.63. The minimum Gasteiger partial charge on any atom is -0.374 e. The van der Waals surface area contributed by atoms with Gasteiger partial charge in [0.05, 0.1) is 33.0 Å². The first-order valence-corrected chi connectivity index (χ1v) is 14.1. The maximum atomic E-state index is 6.63. The summed E-state index contributed by atoms with van der Waals surface area (Å²) < 4.78 is 38.2. The molecule has 1 fully saturated rings. The van der Waals surface area contributed by atoms with Crippen LogP contribution in [-0.4, -0.2) is 44.4 Å². The maximum Gasteiger partial charge on any atom is 0.186 e. The molecule has 0 amide bonds. The van der Waals surface area contributed by atoms with Gasteiger partial charge < -0.3 is 28.4 Å². The first kappa shape index (κ1) is 29.1. The number of hydrogen-bond donors (Lipinski definition) is 0. The van der Waals surface area contributed by atoms with Crippen molar-refractivity contribution in [1.29, 1.82) is 0 Å². The van der Waals surface area contributed by atoms with Crippen molar-refractivity contribution >= 4 is 0 Å². The molecule has 5 atom stereocenters. The van der Waals surface area contributed by atoms with Crippen LogP contribution in [0.15, 0.2) is 121 Å². The van der Waals surface area contributed by atoms with E-state index in [1.807, 2.05) is 121 Å². The van der Waals surface area contributed by atoms with E-state index in [1.165, 1.54) is 0 Å². The largest absolute Gasteiger partial charge is 0.374 e. The molecule has 4 aromatic carbocycles. The van der Waals surface area contributed by atoms with Gasteiger partial charge >= 0.3 is 0 Å². The quantitative estimate of drug-likeness (QED) is 0.182. The van der Waals surface area contributed by atoms with Gasteiger partial charge in [0, 0.05) is 7.11 Å². The van der Waals surface area contributed by atoms with E-state index in [0.29, 0.717) is 33.0 Å². The van der Waals surface area contributed by atoms with Crippen LogP contribution < -0.4 is 0 Å². The average molecular weight is 555 g/mol. The van der Waals surface area contributed by atoms with Gasteiger partial charge in [-0.05, 0) is 22.3 Å². The molecule has 1 aliphatic heterocycles. The fourth-order valence-electron chi connectivity index (χ4n) is 4.94. The van der Waals surface area contributed by atoms with Crippen LogP contribution >= 0.6 is 0 Å². The van der Waals surface area contributed by atoms with Crippen molar-refractivity contribution in [2.45, 2.75) is 57.1 Å². The molecule has 5 rings (SSSR count). The molecule has 0 N–H and O–H groups in total. The molecular weight excluding hydrogens is 516 g/mol. The van der Waals surface area contributed by atoms with Crippen molar-refractivity contribution in [3.63, 3.8) is 0 Å². The molecule has 1 heterocycles. The molecule has 6 heteroatoms. The molecule has 0 spiro atoms. The van der Waals surface area contributed by atoms with Crippen LogP contribution in [0.3, 0.4) is 0 Å².